The Morgan fingerprint density at radius 1 is 1.12 bits per heavy atom. The van der Waals surface area contributed by atoms with E-state index in [-0.39, 0.29) is 12.5 Å². The van der Waals surface area contributed by atoms with Gasteiger partial charge >= 0.3 is 12.0 Å². The molecule has 1 aromatic carbocycles. The lowest BCUT2D eigenvalue weighted by atomic mass is 9.91. The van der Waals surface area contributed by atoms with Crippen molar-refractivity contribution < 1.29 is 14.7 Å². The van der Waals surface area contributed by atoms with Crippen molar-refractivity contribution in [1.29, 1.82) is 0 Å². The van der Waals surface area contributed by atoms with E-state index in [1.807, 2.05) is 34.1 Å². The van der Waals surface area contributed by atoms with Crippen LogP contribution in [0.1, 0.15) is 44.1 Å². The average Bonchev–Trinajstić information content (AvgIpc) is 2.97. The molecular formula is C19H27N3O3. The molecule has 2 aliphatic rings. The van der Waals surface area contributed by atoms with Gasteiger partial charge in [-0.15, -0.1) is 0 Å². The van der Waals surface area contributed by atoms with Crippen LogP contribution in [-0.4, -0.2) is 47.2 Å². The van der Waals surface area contributed by atoms with Crippen molar-refractivity contribution >= 4 is 17.7 Å². The van der Waals surface area contributed by atoms with Gasteiger partial charge in [0.2, 0.25) is 0 Å². The predicted octanol–water partition coefficient (Wildman–Crippen LogP) is 2.61. The molecule has 0 radical (unpaired) electrons. The summed E-state index contributed by atoms with van der Waals surface area (Å²) in [5.74, 6) is -0.761. The van der Waals surface area contributed by atoms with E-state index in [4.69, 9.17) is 10.8 Å². The number of aryl methyl sites for hydroxylation is 1. The number of amides is 2. The second-order valence-corrected chi connectivity index (χ2v) is 7.11. The van der Waals surface area contributed by atoms with Crippen molar-refractivity contribution in [2.45, 2.75) is 57.0 Å². The third-order valence-corrected chi connectivity index (χ3v) is 5.33. The lowest BCUT2D eigenvalue weighted by Gasteiger charge is -2.33. The minimum Gasteiger partial charge on any atom is -0.481 e. The molecule has 2 fully saturated rings. The molecule has 3 rings (SSSR count). The van der Waals surface area contributed by atoms with Gasteiger partial charge in [-0.1, -0.05) is 12.1 Å². The third kappa shape index (κ3) is 4.31. The summed E-state index contributed by atoms with van der Waals surface area (Å²) in [4.78, 5) is 27.2. The van der Waals surface area contributed by atoms with Crippen LogP contribution in [-0.2, 0) is 11.2 Å². The molecule has 0 atom stereocenters. The van der Waals surface area contributed by atoms with Gasteiger partial charge in [-0.25, -0.2) is 4.79 Å². The van der Waals surface area contributed by atoms with Crippen LogP contribution in [0.25, 0.3) is 0 Å². The summed E-state index contributed by atoms with van der Waals surface area (Å²) in [6.45, 7) is 1.50. The van der Waals surface area contributed by atoms with Crippen LogP contribution in [0, 0.1) is 0 Å². The summed E-state index contributed by atoms with van der Waals surface area (Å²) in [5.41, 5.74) is 7.99. The zero-order valence-electron chi connectivity index (χ0n) is 14.6. The molecule has 25 heavy (non-hydrogen) atoms. The van der Waals surface area contributed by atoms with Gasteiger partial charge < -0.3 is 15.7 Å². The van der Waals surface area contributed by atoms with Crippen LogP contribution in [0.15, 0.2) is 24.3 Å². The van der Waals surface area contributed by atoms with Crippen molar-refractivity contribution in [2.75, 3.05) is 18.0 Å². The highest BCUT2D eigenvalue weighted by Crippen LogP contribution is 2.28. The number of hydrogen-bond acceptors (Lipinski definition) is 3. The molecule has 3 N–H and O–H groups in total. The van der Waals surface area contributed by atoms with E-state index < -0.39 is 5.97 Å². The van der Waals surface area contributed by atoms with Crippen LogP contribution < -0.4 is 10.6 Å². The number of aliphatic carboxylic acids is 1. The number of carbonyl (C=O) groups excluding carboxylic acids is 1. The Labute approximate surface area is 148 Å². The first-order valence-corrected chi connectivity index (χ1v) is 9.19. The number of carboxylic acid groups (broad SMARTS) is 1. The second kappa shape index (κ2) is 7.87. The van der Waals surface area contributed by atoms with Crippen LogP contribution in [0.4, 0.5) is 10.5 Å². The molecule has 6 heteroatoms. The molecule has 0 spiro atoms. The highest BCUT2D eigenvalue weighted by atomic mass is 16.4. The molecule has 0 aromatic heterocycles. The molecule has 1 aliphatic carbocycles. The van der Waals surface area contributed by atoms with Gasteiger partial charge in [-0.05, 0) is 56.2 Å². The SMILES string of the molecule is NC1CCC(N2CCN(c3ccc(CCCC(=O)O)cc3)C2=O)CC1. The molecule has 0 unspecified atom stereocenters. The Balaban J connectivity index is 1.57. The molecular weight excluding hydrogens is 318 g/mol. The van der Waals surface area contributed by atoms with E-state index in [9.17, 15) is 9.59 Å². The van der Waals surface area contributed by atoms with Crippen molar-refractivity contribution in [3.63, 3.8) is 0 Å². The van der Waals surface area contributed by atoms with E-state index in [1.165, 1.54) is 0 Å². The van der Waals surface area contributed by atoms with Gasteiger partial charge in [0.05, 0.1) is 0 Å². The average molecular weight is 345 g/mol. The van der Waals surface area contributed by atoms with Gasteiger partial charge in [0.25, 0.3) is 0 Å². The molecule has 0 bridgehead atoms. The van der Waals surface area contributed by atoms with E-state index in [1.54, 1.807) is 0 Å². The van der Waals surface area contributed by atoms with Gasteiger partial charge in [-0.3, -0.25) is 9.69 Å². The number of carboxylic acids is 1. The largest absolute Gasteiger partial charge is 0.481 e. The molecule has 1 heterocycles. The van der Waals surface area contributed by atoms with Crippen molar-refractivity contribution in [2.24, 2.45) is 5.73 Å². The maximum Gasteiger partial charge on any atom is 0.324 e. The molecule has 1 saturated heterocycles. The Kier molecular flexibility index (Phi) is 5.58. The number of benzene rings is 1. The fraction of sp³-hybridized carbons (Fsp3) is 0.579. The summed E-state index contributed by atoms with van der Waals surface area (Å²) >= 11 is 0. The first-order valence-electron chi connectivity index (χ1n) is 9.19. The number of rotatable bonds is 6. The molecule has 6 nitrogen and oxygen atoms in total. The maximum absolute atomic E-state index is 12.8. The quantitative estimate of drug-likeness (QED) is 0.830. The van der Waals surface area contributed by atoms with E-state index in [0.717, 1.165) is 56.4 Å². The normalized spacial score (nSPS) is 24.0. The van der Waals surface area contributed by atoms with Gasteiger partial charge in [0, 0.05) is 37.3 Å². The van der Waals surface area contributed by atoms with Crippen molar-refractivity contribution in [1.82, 2.24) is 4.90 Å². The summed E-state index contributed by atoms with van der Waals surface area (Å²) in [7, 11) is 0. The predicted molar refractivity (Wildman–Crippen MR) is 96.7 cm³/mol. The molecule has 1 aromatic rings. The Hall–Kier alpha value is -2.08. The zero-order chi connectivity index (χ0) is 17.8. The summed E-state index contributed by atoms with van der Waals surface area (Å²) < 4.78 is 0. The number of hydrogen-bond donors (Lipinski definition) is 2. The van der Waals surface area contributed by atoms with E-state index in [0.29, 0.717) is 18.5 Å². The smallest absolute Gasteiger partial charge is 0.324 e. The first-order chi connectivity index (χ1) is 12.0. The first kappa shape index (κ1) is 17.7. The summed E-state index contributed by atoms with van der Waals surface area (Å²) in [5, 5.41) is 8.70. The van der Waals surface area contributed by atoms with Crippen LogP contribution in [0.2, 0.25) is 0 Å². The standard InChI is InChI=1S/C19H27N3O3/c20-15-6-10-17(11-7-15)22-13-12-21(19(22)25)16-8-4-14(5-9-16)2-1-3-18(23)24/h4-5,8-9,15,17H,1-3,6-7,10-13,20H2,(H,23,24). The van der Waals surface area contributed by atoms with Crippen molar-refractivity contribution in [3.05, 3.63) is 29.8 Å². The maximum atomic E-state index is 12.8. The van der Waals surface area contributed by atoms with E-state index in [2.05, 4.69) is 0 Å². The highest BCUT2D eigenvalue weighted by Gasteiger charge is 2.35. The monoisotopic (exact) mass is 345 g/mol. The van der Waals surface area contributed by atoms with Crippen LogP contribution in [0.5, 0.6) is 0 Å². The van der Waals surface area contributed by atoms with E-state index >= 15 is 0 Å². The number of carbonyl (C=O) groups is 2. The molecule has 1 aliphatic heterocycles. The zero-order valence-corrected chi connectivity index (χ0v) is 14.6. The molecule has 2 amide bonds. The Morgan fingerprint density at radius 2 is 1.80 bits per heavy atom. The highest BCUT2D eigenvalue weighted by molar-refractivity contribution is 5.94. The fourth-order valence-corrected chi connectivity index (χ4v) is 3.83. The molecule has 1 saturated carbocycles. The topological polar surface area (TPSA) is 86.9 Å². The number of nitrogens with two attached hydrogens (primary N) is 1. The van der Waals surface area contributed by atoms with Crippen molar-refractivity contribution in [3.8, 4) is 0 Å². The summed E-state index contributed by atoms with van der Waals surface area (Å²) in [6.07, 6.45) is 5.57. The Morgan fingerprint density at radius 3 is 2.44 bits per heavy atom. The lowest BCUT2D eigenvalue weighted by Crippen LogP contribution is -2.43. The van der Waals surface area contributed by atoms with Gasteiger partial charge in [-0.2, -0.15) is 0 Å². The van der Waals surface area contributed by atoms with Gasteiger partial charge in [0.1, 0.15) is 0 Å². The third-order valence-electron chi connectivity index (χ3n) is 5.33. The van der Waals surface area contributed by atoms with Crippen LogP contribution in [0.3, 0.4) is 0 Å². The fourth-order valence-electron chi connectivity index (χ4n) is 3.83. The lowest BCUT2D eigenvalue weighted by molar-refractivity contribution is -0.137. The van der Waals surface area contributed by atoms with Crippen LogP contribution >= 0.6 is 0 Å². The molecule has 136 valence electrons. The minimum atomic E-state index is -0.761. The number of nitrogens with zero attached hydrogens (tertiary/aromatic N) is 2. The second-order valence-electron chi connectivity index (χ2n) is 7.11. The minimum absolute atomic E-state index is 0.0964. The van der Waals surface area contributed by atoms with Gasteiger partial charge in [0.15, 0.2) is 0 Å². The number of urea groups is 1. The number of anilines is 1. The summed E-state index contributed by atoms with van der Waals surface area (Å²) in [6, 6.07) is 8.63. The Bertz CT molecular complexity index is 609.